The predicted molar refractivity (Wildman–Crippen MR) is 137 cm³/mol. The van der Waals surface area contributed by atoms with Crippen molar-refractivity contribution in [2.75, 3.05) is 5.32 Å². The first-order valence-corrected chi connectivity index (χ1v) is 12.1. The van der Waals surface area contributed by atoms with Gasteiger partial charge < -0.3 is 15.2 Å². The minimum absolute atomic E-state index is 0.303. The maximum Gasteiger partial charge on any atom is 0.416 e. The predicted octanol–water partition coefficient (Wildman–Crippen LogP) is 5.92. The molecule has 4 aromatic rings. The fourth-order valence-electron chi connectivity index (χ4n) is 4.91. The lowest BCUT2D eigenvalue weighted by molar-refractivity contribution is -0.137. The highest BCUT2D eigenvalue weighted by atomic mass is 19.4. The Morgan fingerprint density at radius 3 is 2.51 bits per heavy atom. The van der Waals surface area contributed by atoms with Gasteiger partial charge in [0, 0.05) is 37.1 Å². The van der Waals surface area contributed by atoms with Crippen LogP contribution in [-0.2, 0) is 32.6 Å². The third-order valence-corrected chi connectivity index (χ3v) is 6.90. The number of alkyl halides is 3. The summed E-state index contributed by atoms with van der Waals surface area (Å²) in [5.41, 5.74) is 5.93. The fourth-order valence-corrected chi connectivity index (χ4v) is 4.91. The molecule has 1 aliphatic rings. The van der Waals surface area contributed by atoms with Gasteiger partial charge in [0.05, 0.1) is 17.6 Å². The van der Waals surface area contributed by atoms with Gasteiger partial charge in [0.2, 0.25) is 0 Å². The van der Waals surface area contributed by atoms with Crippen LogP contribution in [0.15, 0.2) is 73.2 Å². The van der Waals surface area contributed by atoms with Crippen LogP contribution in [0.5, 0.6) is 0 Å². The van der Waals surface area contributed by atoms with Crippen LogP contribution in [0.25, 0.3) is 11.1 Å². The molecule has 0 saturated heterocycles. The Labute approximate surface area is 213 Å². The summed E-state index contributed by atoms with van der Waals surface area (Å²) < 4.78 is 41.1. The Balaban J connectivity index is 1.31. The molecule has 0 fully saturated rings. The first kappa shape index (κ1) is 24.8. The lowest BCUT2D eigenvalue weighted by Crippen LogP contribution is -2.29. The van der Waals surface area contributed by atoms with Gasteiger partial charge in [-0.2, -0.15) is 13.2 Å². The number of hydrogen-bond acceptors (Lipinski definition) is 3. The molecular weight excluding hydrogens is 477 g/mol. The van der Waals surface area contributed by atoms with Crippen molar-refractivity contribution >= 4 is 11.6 Å². The number of amides is 1. The molecular formula is C29H27F3N4O. The molecule has 1 atom stereocenters. The van der Waals surface area contributed by atoms with Crippen LogP contribution in [0.3, 0.4) is 0 Å². The van der Waals surface area contributed by atoms with Crippen LogP contribution in [0.1, 0.15) is 38.3 Å². The molecule has 5 rings (SSSR count). The molecule has 0 spiro atoms. The molecule has 37 heavy (non-hydrogen) atoms. The maximum absolute atomic E-state index is 13.3. The summed E-state index contributed by atoms with van der Waals surface area (Å²) in [7, 11) is 1.97. The van der Waals surface area contributed by atoms with Gasteiger partial charge in [-0.05, 0) is 77.9 Å². The van der Waals surface area contributed by atoms with Gasteiger partial charge in [0.25, 0.3) is 5.91 Å². The van der Waals surface area contributed by atoms with E-state index in [2.05, 4.69) is 15.6 Å². The molecule has 3 aromatic carbocycles. The number of nitrogens with zero attached hydrogens (tertiary/aromatic N) is 2. The van der Waals surface area contributed by atoms with E-state index in [0.717, 1.165) is 42.8 Å². The van der Waals surface area contributed by atoms with Crippen LogP contribution in [-0.4, -0.2) is 21.5 Å². The van der Waals surface area contributed by atoms with Crippen molar-refractivity contribution in [3.8, 4) is 11.1 Å². The minimum atomic E-state index is -4.41. The number of nitrogens with one attached hydrogen (secondary N) is 2. The molecule has 0 aliphatic heterocycles. The van der Waals surface area contributed by atoms with E-state index in [1.807, 2.05) is 49.0 Å². The van der Waals surface area contributed by atoms with E-state index < -0.39 is 11.7 Å². The molecule has 1 amide bonds. The summed E-state index contributed by atoms with van der Waals surface area (Å²) in [6.07, 6.45) is 1.00. The first-order valence-electron chi connectivity index (χ1n) is 12.1. The summed E-state index contributed by atoms with van der Waals surface area (Å²) in [6, 6.07) is 16.5. The molecule has 1 aromatic heterocycles. The van der Waals surface area contributed by atoms with E-state index in [0.29, 0.717) is 28.4 Å². The highest BCUT2D eigenvalue weighted by Gasteiger charge is 2.30. The molecule has 0 bridgehead atoms. The fraction of sp³-hybridized carbons (Fsp3) is 0.241. The Hall–Kier alpha value is -3.91. The van der Waals surface area contributed by atoms with E-state index in [1.165, 1.54) is 23.3 Å². The topological polar surface area (TPSA) is 59.0 Å². The number of rotatable bonds is 6. The van der Waals surface area contributed by atoms with Crippen molar-refractivity contribution in [1.29, 1.82) is 0 Å². The third kappa shape index (κ3) is 5.29. The Morgan fingerprint density at radius 2 is 1.81 bits per heavy atom. The van der Waals surface area contributed by atoms with Crippen LogP contribution < -0.4 is 10.6 Å². The number of aromatic nitrogens is 2. The summed E-state index contributed by atoms with van der Waals surface area (Å²) in [5.74, 6) is -0.303. The van der Waals surface area contributed by atoms with Crippen molar-refractivity contribution in [3.05, 3.63) is 107 Å². The second-order valence-corrected chi connectivity index (χ2v) is 9.49. The normalized spacial score (nSPS) is 15.0. The smallest absolute Gasteiger partial charge is 0.337 e. The van der Waals surface area contributed by atoms with E-state index in [-0.39, 0.29) is 5.91 Å². The van der Waals surface area contributed by atoms with Gasteiger partial charge in [-0.25, -0.2) is 4.98 Å². The van der Waals surface area contributed by atoms with Crippen molar-refractivity contribution in [2.45, 2.75) is 38.5 Å². The zero-order chi connectivity index (χ0) is 26.2. The number of benzene rings is 3. The van der Waals surface area contributed by atoms with Gasteiger partial charge in [0.1, 0.15) is 0 Å². The van der Waals surface area contributed by atoms with Crippen LogP contribution in [0, 0.1) is 6.92 Å². The second kappa shape index (κ2) is 9.86. The van der Waals surface area contributed by atoms with Crippen molar-refractivity contribution in [3.63, 3.8) is 0 Å². The van der Waals surface area contributed by atoms with E-state index in [4.69, 9.17) is 0 Å². The minimum Gasteiger partial charge on any atom is -0.337 e. The van der Waals surface area contributed by atoms with Crippen LogP contribution in [0.2, 0.25) is 0 Å². The lowest BCUT2D eigenvalue weighted by atomic mass is 9.93. The molecule has 190 valence electrons. The third-order valence-electron chi connectivity index (χ3n) is 6.90. The molecule has 2 N–H and O–H groups in total. The average molecular weight is 505 g/mol. The summed E-state index contributed by atoms with van der Waals surface area (Å²) in [5, 5.41) is 6.57. The van der Waals surface area contributed by atoms with Gasteiger partial charge in [-0.1, -0.05) is 30.3 Å². The Morgan fingerprint density at radius 1 is 1.05 bits per heavy atom. The highest BCUT2D eigenvalue weighted by Crippen LogP contribution is 2.34. The van der Waals surface area contributed by atoms with Gasteiger partial charge in [0.15, 0.2) is 0 Å². The van der Waals surface area contributed by atoms with Crippen molar-refractivity contribution in [2.24, 2.45) is 7.05 Å². The molecule has 8 heteroatoms. The average Bonchev–Trinajstić information content (AvgIpc) is 3.47. The molecule has 0 saturated carbocycles. The van der Waals surface area contributed by atoms with E-state index in [9.17, 15) is 18.0 Å². The van der Waals surface area contributed by atoms with Gasteiger partial charge in [-0.15, -0.1) is 0 Å². The largest absolute Gasteiger partial charge is 0.416 e. The SMILES string of the molecule is Cc1cccc(C(=O)Nc2ccc3c(c2)C[C@@H](NCc2cncn2C)C3)c1-c1ccc(C(F)(F)F)cc1. The van der Waals surface area contributed by atoms with Crippen LogP contribution in [0.4, 0.5) is 18.9 Å². The van der Waals surface area contributed by atoms with E-state index >= 15 is 0 Å². The zero-order valence-electron chi connectivity index (χ0n) is 20.6. The Kier molecular flexibility index (Phi) is 6.60. The highest BCUT2D eigenvalue weighted by molar-refractivity contribution is 6.09. The monoisotopic (exact) mass is 504 g/mol. The van der Waals surface area contributed by atoms with Crippen molar-refractivity contribution in [1.82, 2.24) is 14.9 Å². The number of aryl methyl sites for hydroxylation is 2. The number of fused-ring (bicyclic) bond motifs is 1. The number of imidazole rings is 1. The Bertz CT molecular complexity index is 1440. The van der Waals surface area contributed by atoms with Gasteiger partial charge >= 0.3 is 6.18 Å². The molecule has 1 heterocycles. The van der Waals surface area contributed by atoms with E-state index in [1.54, 1.807) is 18.5 Å². The van der Waals surface area contributed by atoms with Crippen LogP contribution >= 0.6 is 0 Å². The van der Waals surface area contributed by atoms with Gasteiger partial charge in [-0.3, -0.25) is 4.79 Å². The first-order chi connectivity index (χ1) is 17.7. The standard InChI is InChI=1S/C29H27F3N4O/c1-18-4-3-5-26(27(18)19-6-9-22(10-7-19)29(30,31)32)28(37)35-23-11-8-20-12-24(14-21(20)13-23)34-16-25-15-33-17-36(25)2/h3-11,13,15,17,24,34H,12,14,16H2,1-2H3,(H,35,37)/t24-/m0/s1. The molecule has 5 nitrogen and oxygen atoms in total. The quantitative estimate of drug-likeness (QED) is 0.343. The number of carbonyl (C=O) groups excluding carboxylic acids is 1. The summed E-state index contributed by atoms with van der Waals surface area (Å²) in [4.78, 5) is 17.5. The molecule has 0 unspecified atom stereocenters. The number of anilines is 1. The molecule has 0 radical (unpaired) electrons. The summed E-state index contributed by atoms with van der Waals surface area (Å²) in [6.45, 7) is 2.58. The zero-order valence-corrected chi connectivity index (χ0v) is 20.6. The number of halogens is 3. The number of hydrogen-bond donors (Lipinski definition) is 2. The maximum atomic E-state index is 13.3. The number of carbonyl (C=O) groups is 1. The second-order valence-electron chi connectivity index (χ2n) is 9.49. The molecule has 1 aliphatic carbocycles. The lowest BCUT2D eigenvalue weighted by Gasteiger charge is -2.15. The summed E-state index contributed by atoms with van der Waals surface area (Å²) >= 11 is 0. The van der Waals surface area contributed by atoms with Crippen molar-refractivity contribution < 1.29 is 18.0 Å².